The number of anilines is 1. The molecule has 2 heteroatoms. The first kappa shape index (κ1) is 15.4. The molecule has 25 heavy (non-hydrogen) atoms. The van der Waals surface area contributed by atoms with Gasteiger partial charge < -0.3 is 5.32 Å². The zero-order valence-corrected chi connectivity index (χ0v) is 14.2. The highest BCUT2D eigenvalue weighted by atomic mass is 14.9. The number of hydrogen-bond donors (Lipinski definition) is 1. The summed E-state index contributed by atoms with van der Waals surface area (Å²) in [7, 11) is 0. The number of rotatable bonds is 4. The van der Waals surface area contributed by atoms with Crippen LogP contribution < -0.4 is 5.32 Å². The summed E-state index contributed by atoms with van der Waals surface area (Å²) in [6.07, 6.45) is 1.86. The van der Waals surface area contributed by atoms with E-state index >= 15 is 0 Å². The first-order chi connectivity index (χ1) is 12.3. The molecule has 0 radical (unpaired) electrons. The number of para-hydroxylation sites is 1. The molecule has 1 aromatic heterocycles. The van der Waals surface area contributed by atoms with Crippen molar-refractivity contribution in [2.75, 3.05) is 5.32 Å². The Morgan fingerprint density at radius 3 is 2.44 bits per heavy atom. The Balaban J connectivity index is 1.79. The van der Waals surface area contributed by atoms with E-state index in [0.717, 1.165) is 12.2 Å². The number of fused-ring (bicyclic) bond motifs is 1. The van der Waals surface area contributed by atoms with E-state index in [1.54, 1.807) is 0 Å². The Hall–Kier alpha value is -3.13. The van der Waals surface area contributed by atoms with Crippen LogP contribution in [0.5, 0.6) is 0 Å². The average molecular weight is 324 g/mol. The first-order valence-corrected chi connectivity index (χ1v) is 8.54. The fraction of sp³-hybridized carbons (Fsp3) is 0.0870. The van der Waals surface area contributed by atoms with Gasteiger partial charge in [0, 0.05) is 24.0 Å². The van der Waals surface area contributed by atoms with Crippen LogP contribution in [-0.2, 0) is 6.54 Å². The van der Waals surface area contributed by atoms with E-state index in [-0.39, 0.29) is 0 Å². The summed E-state index contributed by atoms with van der Waals surface area (Å²) in [4.78, 5) is 4.60. The first-order valence-electron chi connectivity index (χ1n) is 8.54. The highest BCUT2D eigenvalue weighted by Gasteiger charge is 2.11. The molecule has 0 fully saturated rings. The van der Waals surface area contributed by atoms with Crippen LogP contribution in [0.2, 0.25) is 0 Å². The van der Waals surface area contributed by atoms with Crippen molar-refractivity contribution in [2.45, 2.75) is 13.5 Å². The number of benzene rings is 3. The monoisotopic (exact) mass is 324 g/mol. The van der Waals surface area contributed by atoms with Gasteiger partial charge in [-0.3, -0.25) is 4.98 Å². The van der Waals surface area contributed by atoms with E-state index in [9.17, 15) is 0 Å². The third kappa shape index (κ3) is 3.11. The predicted molar refractivity (Wildman–Crippen MR) is 106 cm³/mol. The topological polar surface area (TPSA) is 24.9 Å². The van der Waals surface area contributed by atoms with E-state index in [2.05, 4.69) is 84.0 Å². The van der Waals surface area contributed by atoms with Crippen molar-refractivity contribution in [1.29, 1.82) is 0 Å². The Bertz CT molecular complexity index is 1010. The second kappa shape index (κ2) is 6.78. The molecule has 0 aliphatic heterocycles. The van der Waals surface area contributed by atoms with Gasteiger partial charge >= 0.3 is 0 Å². The van der Waals surface area contributed by atoms with Crippen molar-refractivity contribution in [1.82, 2.24) is 4.98 Å². The van der Waals surface area contributed by atoms with Crippen molar-refractivity contribution in [3.05, 3.63) is 96.2 Å². The van der Waals surface area contributed by atoms with Gasteiger partial charge in [-0.25, -0.2) is 0 Å². The van der Waals surface area contributed by atoms with Gasteiger partial charge in [0.2, 0.25) is 0 Å². The van der Waals surface area contributed by atoms with Crippen molar-refractivity contribution in [3.63, 3.8) is 0 Å². The molecule has 0 unspecified atom stereocenters. The SMILES string of the molecule is Cc1ccccc1NCc1ccc2ccccc2c1-c1ccccn1. The van der Waals surface area contributed by atoms with Crippen molar-refractivity contribution in [3.8, 4) is 11.3 Å². The summed E-state index contributed by atoms with van der Waals surface area (Å²) < 4.78 is 0. The van der Waals surface area contributed by atoms with Gasteiger partial charge in [-0.05, 0) is 47.0 Å². The number of aryl methyl sites for hydroxylation is 1. The lowest BCUT2D eigenvalue weighted by atomic mass is 9.96. The molecule has 1 N–H and O–H groups in total. The van der Waals surface area contributed by atoms with Crippen LogP contribution in [0, 0.1) is 6.92 Å². The lowest BCUT2D eigenvalue weighted by Gasteiger charge is -2.15. The molecule has 0 saturated heterocycles. The number of aromatic nitrogens is 1. The average Bonchev–Trinajstić information content (AvgIpc) is 2.67. The fourth-order valence-electron chi connectivity index (χ4n) is 3.24. The molecule has 0 amide bonds. The highest BCUT2D eigenvalue weighted by Crippen LogP contribution is 2.31. The molecule has 3 aromatic carbocycles. The second-order valence-corrected chi connectivity index (χ2v) is 6.20. The van der Waals surface area contributed by atoms with Gasteiger partial charge in [-0.1, -0.05) is 60.7 Å². The maximum Gasteiger partial charge on any atom is 0.0711 e. The molecule has 122 valence electrons. The van der Waals surface area contributed by atoms with Crippen molar-refractivity contribution < 1.29 is 0 Å². The van der Waals surface area contributed by atoms with E-state index < -0.39 is 0 Å². The third-order valence-electron chi connectivity index (χ3n) is 4.55. The van der Waals surface area contributed by atoms with Gasteiger partial charge in [0.1, 0.15) is 0 Å². The Morgan fingerprint density at radius 2 is 1.60 bits per heavy atom. The highest BCUT2D eigenvalue weighted by molar-refractivity contribution is 5.97. The second-order valence-electron chi connectivity index (χ2n) is 6.20. The molecule has 0 atom stereocenters. The Morgan fingerprint density at radius 1 is 0.800 bits per heavy atom. The summed E-state index contributed by atoms with van der Waals surface area (Å²) in [6, 6.07) is 27.4. The maximum absolute atomic E-state index is 4.60. The summed E-state index contributed by atoms with van der Waals surface area (Å²) in [6.45, 7) is 2.89. The zero-order valence-electron chi connectivity index (χ0n) is 14.2. The van der Waals surface area contributed by atoms with Crippen LogP contribution >= 0.6 is 0 Å². The van der Waals surface area contributed by atoms with Gasteiger partial charge in [0.05, 0.1) is 5.69 Å². The molecule has 1 heterocycles. The van der Waals surface area contributed by atoms with Crippen molar-refractivity contribution >= 4 is 16.5 Å². The summed E-state index contributed by atoms with van der Waals surface area (Å²) in [5.74, 6) is 0. The summed E-state index contributed by atoms with van der Waals surface area (Å²) in [5.41, 5.74) is 5.90. The van der Waals surface area contributed by atoms with Crippen LogP contribution in [0.4, 0.5) is 5.69 Å². The Kier molecular flexibility index (Phi) is 4.17. The smallest absolute Gasteiger partial charge is 0.0711 e. The molecule has 2 nitrogen and oxygen atoms in total. The normalized spacial score (nSPS) is 10.8. The van der Waals surface area contributed by atoms with Gasteiger partial charge in [0.25, 0.3) is 0 Å². The maximum atomic E-state index is 4.60. The molecule has 0 saturated carbocycles. The van der Waals surface area contributed by atoms with Gasteiger partial charge in [-0.2, -0.15) is 0 Å². The van der Waals surface area contributed by atoms with Gasteiger partial charge in [0.15, 0.2) is 0 Å². The summed E-state index contributed by atoms with van der Waals surface area (Å²) >= 11 is 0. The molecular formula is C23H20N2. The minimum atomic E-state index is 0.765. The predicted octanol–water partition coefficient (Wildman–Crippen LogP) is 5.82. The zero-order chi connectivity index (χ0) is 17.1. The number of hydrogen-bond acceptors (Lipinski definition) is 2. The molecule has 0 spiro atoms. The third-order valence-corrected chi connectivity index (χ3v) is 4.55. The molecular weight excluding hydrogens is 304 g/mol. The van der Waals surface area contributed by atoms with Crippen LogP contribution in [0.3, 0.4) is 0 Å². The molecule has 0 aliphatic rings. The number of pyridine rings is 1. The van der Waals surface area contributed by atoms with E-state index in [1.165, 1.54) is 33.2 Å². The largest absolute Gasteiger partial charge is 0.381 e. The van der Waals surface area contributed by atoms with Crippen LogP contribution in [-0.4, -0.2) is 4.98 Å². The van der Waals surface area contributed by atoms with Crippen molar-refractivity contribution in [2.24, 2.45) is 0 Å². The minimum Gasteiger partial charge on any atom is -0.381 e. The molecule has 4 rings (SSSR count). The Labute approximate surface area is 148 Å². The van der Waals surface area contributed by atoms with E-state index in [4.69, 9.17) is 0 Å². The quantitative estimate of drug-likeness (QED) is 0.511. The minimum absolute atomic E-state index is 0.765. The van der Waals surface area contributed by atoms with Gasteiger partial charge in [-0.15, -0.1) is 0 Å². The van der Waals surface area contributed by atoms with E-state index in [1.807, 2.05) is 18.3 Å². The van der Waals surface area contributed by atoms with Crippen LogP contribution in [0.1, 0.15) is 11.1 Å². The lowest BCUT2D eigenvalue weighted by Crippen LogP contribution is -2.03. The number of nitrogens with zero attached hydrogens (tertiary/aromatic N) is 1. The number of nitrogens with one attached hydrogen (secondary N) is 1. The summed E-state index contributed by atoms with van der Waals surface area (Å²) in [5, 5.41) is 6.06. The standard InChI is InChI=1S/C23H20N2/c1-17-8-2-5-11-21(17)25-16-19-14-13-18-9-3-4-10-20(18)23(19)22-12-6-7-15-24-22/h2-15,25H,16H2,1H3. The molecule has 0 bridgehead atoms. The fourth-order valence-corrected chi connectivity index (χ4v) is 3.24. The molecule has 0 aliphatic carbocycles. The van der Waals surface area contributed by atoms with Crippen LogP contribution in [0.25, 0.3) is 22.0 Å². The lowest BCUT2D eigenvalue weighted by molar-refractivity contribution is 1.14. The van der Waals surface area contributed by atoms with Crippen LogP contribution in [0.15, 0.2) is 85.1 Å². The van der Waals surface area contributed by atoms with E-state index in [0.29, 0.717) is 0 Å². The molecule has 4 aromatic rings.